The molecule has 0 aliphatic carbocycles. The van der Waals surface area contributed by atoms with Gasteiger partial charge >= 0.3 is 0 Å². The number of hydrogen-bond acceptors (Lipinski definition) is 4. The first kappa shape index (κ1) is 15.6. The van der Waals surface area contributed by atoms with E-state index >= 15 is 0 Å². The molecule has 0 N–H and O–H groups in total. The van der Waals surface area contributed by atoms with Gasteiger partial charge in [-0.05, 0) is 30.3 Å². The maximum Gasteiger partial charge on any atom is 0.298 e. The Bertz CT molecular complexity index is 908. The minimum absolute atomic E-state index is 0.0455. The Kier molecular flexibility index (Phi) is 3.83. The molecule has 4 rings (SSSR count). The number of aromatic nitrogens is 1. The average Bonchev–Trinajstić information content (AvgIpc) is 3.04. The second-order valence-corrected chi connectivity index (χ2v) is 5.94. The molecule has 5 nitrogen and oxygen atoms in total. The summed E-state index contributed by atoms with van der Waals surface area (Å²) in [5.41, 5.74) is 1.56. The van der Waals surface area contributed by atoms with Crippen molar-refractivity contribution in [3.05, 3.63) is 59.7 Å². The standard InChI is InChI=1S/C18H15F2N3O2/c19-13-5-6-14(20)12(9-13)10-22-7-8-23(11-17(22)24)18-21-15-3-1-2-4-16(15)25-18/h1-6,9H,7-8,10-11H2. The number of hydrogen-bond donors (Lipinski definition) is 0. The molecule has 7 heteroatoms. The number of amides is 1. The number of oxazole rings is 1. The fraction of sp³-hybridized carbons (Fsp3) is 0.222. The van der Waals surface area contributed by atoms with Crippen LogP contribution in [0, 0.1) is 11.6 Å². The summed E-state index contributed by atoms with van der Waals surface area (Å²) in [6.07, 6.45) is 0. The SMILES string of the molecule is O=C1CN(c2nc3ccccc3o2)CCN1Cc1cc(F)ccc1F. The molecular weight excluding hydrogens is 328 g/mol. The van der Waals surface area contributed by atoms with E-state index in [-0.39, 0.29) is 24.6 Å². The number of carbonyl (C=O) groups is 1. The van der Waals surface area contributed by atoms with Crippen LogP contribution in [0.3, 0.4) is 0 Å². The van der Waals surface area contributed by atoms with Crippen molar-refractivity contribution in [1.29, 1.82) is 0 Å². The smallest absolute Gasteiger partial charge is 0.298 e. The monoisotopic (exact) mass is 343 g/mol. The van der Waals surface area contributed by atoms with Crippen LogP contribution in [0.1, 0.15) is 5.56 Å². The first-order valence-corrected chi connectivity index (χ1v) is 7.92. The highest BCUT2D eigenvalue weighted by atomic mass is 19.1. The Morgan fingerprint density at radius 2 is 1.96 bits per heavy atom. The zero-order valence-corrected chi connectivity index (χ0v) is 13.3. The van der Waals surface area contributed by atoms with Crippen molar-refractivity contribution in [2.75, 3.05) is 24.5 Å². The summed E-state index contributed by atoms with van der Waals surface area (Å²) in [4.78, 5) is 20.0. The summed E-state index contributed by atoms with van der Waals surface area (Å²) < 4.78 is 32.7. The van der Waals surface area contributed by atoms with E-state index in [2.05, 4.69) is 4.98 Å². The Morgan fingerprint density at radius 3 is 2.76 bits per heavy atom. The van der Waals surface area contributed by atoms with Gasteiger partial charge in [-0.1, -0.05) is 12.1 Å². The molecule has 1 aliphatic rings. The highest BCUT2D eigenvalue weighted by molar-refractivity contribution is 5.83. The molecule has 2 aromatic carbocycles. The zero-order valence-electron chi connectivity index (χ0n) is 13.3. The molecule has 0 atom stereocenters. The number of rotatable bonds is 3. The van der Waals surface area contributed by atoms with Gasteiger partial charge in [0.2, 0.25) is 5.91 Å². The van der Waals surface area contributed by atoms with Gasteiger partial charge in [0.15, 0.2) is 5.58 Å². The van der Waals surface area contributed by atoms with Crippen molar-refractivity contribution in [2.24, 2.45) is 0 Å². The lowest BCUT2D eigenvalue weighted by Crippen LogP contribution is -2.50. The summed E-state index contributed by atoms with van der Waals surface area (Å²) in [5.74, 6) is -1.22. The zero-order chi connectivity index (χ0) is 17.4. The van der Waals surface area contributed by atoms with Crippen molar-refractivity contribution in [2.45, 2.75) is 6.54 Å². The van der Waals surface area contributed by atoms with Gasteiger partial charge in [-0.15, -0.1) is 0 Å². The molecule has 1 aliphatic heterocycles. The van der Waals surface area contributed by atoms with Crippen LogP contribution in [-0.4, -0.2) is 35.4 Å². The van der Waals surface area contributed by atoms with Crippen molar-refractivity contribution in [1.82, 2.24) is 9.88 Å². The van der Waals surface area contributed by atoms with E-state index < -0.39 is 11.6 Å². The minimum Gasteiger partial charge on any atom is -0.423 e. The van der Waals surface area contributed by atoms with E-state index in [0.717, 1.165) is 23.7 Å². The van der Waals surface area contributed by atoms with Crippen molar-refractivity contribution in [3.8, 4) is 0 Å². The number of piperazine rings is 1. The third-order valence-electron chi connectivity index (χ3n) is 4.24. The van der Waals surface area contributed by atoms with Gasteiger partial charge in [-0.25, -0.2) is 8.78 Å². The Morgan fingerprint density at radius 1 is 1.12 bits per heavy atom. The fourth-order valence-electron chi connectivity index (χ4n) is 2.90. The number of anilines is 1. The van der Waals surface area contributed by atoms with Crippen molar-refractivity contribution in [3.63, 3.8) is 0 Å². The molecule has 25 heavy (non-hydrogen) atoms. The second-order valence-electron chi connectivity index (χ2n) is 5.94. The number of halogens is 2. The second kappa shape index (κ2) is 6.16. The maximum absolute atomic E-state index is 13.8. The lowest BCUT2D eigenvalue weighted by Gasteiger charge is -2.33. The molecular formula is C18H15F2N3O2. The van der Waals surface area contributed by atoms with Crippen LogP contribution < -0.4 is 4.90 Å². The van der Waals surface area contributed by atoms with Crippen LogP contribution in [0.15, 0.2) is 46.9 Å². The fourth-order valence-corrected chi connectivity index (χ4v) is 2.90. The summed E-state index contributed by atoms with van der Waals surface area (Å²) in [6.45, 7) is 1.02. The predicted octanol–water partition coefficient (Wildman–Crippen LogP) is 2.95. The Hall–Kier alpha value is -2.96. The van der Waals surface area contributed by atoms with Crippen LogP contribution in [0.2, 0.25) is 0 Å². The van der Waals surface area contributed by atoms with Crippen LogP contribution >= 0.6 is 0 Å². The van der Waals surface area contributed by atoms with Crippen molar-refractivity contribution >= 4 is 23.0 Å². The molecule has 0 bridgehead atoms. The van der Waals surface area contributed by atoms with Gasteiger partial charge in [-0.3, -0.25) is 4.79 Å². The molecule has 1 amide bonds. The van der Waals surface area contributed by atoms with E-state index in [1.165, 1.54) is 4.90 Å². The largest absolute Gasteiger partial charge is 0.423 e. The van der Waals surface area contributed by atoms with E-state index in [1.54, 1.807) is 4.90 Å². The van der Waals surface area contributed by atoms with Crippen molar-refractivity contribution < 1.29 is 18.0 Å². The van der Waals surface area contributed by atoms with Crippen LogP contribution in [-0.2, 0) is 11.3 Å². The molecule has 128 valence electrons. The number of para-hydroxylation sites is 2. The molecule has 2 heterocycles. The molecule has 1 saturated heterocycles. The first-order chi connectivity index (χ1) is 12.1. The molecule has 0 spiro atoms. The first-order valence-electron chi connectivity index (χ1n) is 7.92. The predicted molar refractivity (Wildman–Crippen MR) is 88.0 cm³/mol. The summed E-state index contributed by atoms with van der Waals surface area (Å²) in [6, 6.07) is 11.0. The van der Waals surface area contributed by atoms with Crippen LogP contribution in [0.25, 0.3) is 11.1 Å². The van der Waals surface area contributed by atoms with Gasteiger partial charge < -0.3 is 14.2 Å². The summed E-state index contributed by atoms with van der Waals surface area (Å²) >= 11 is 0. The third-order valence-corrected chi connectivity index (χ3v) is 4.24. The molecule has 0 radical (unpaired) electrons. The quantitative estimate of drug-likeness (QED) is 0.734. The molecule has 1 fully saturated rings. The normalized spacial score (nSPS) is 15.2. The molecule has 3 aromatic rings. The highest BCUT2D eigenvalue weighted by Crippen LogP contribution is 2.23. The van der Waals surface area contributed by atoms with Crippen LogP contribution in [0.4, 0.5) is 14.8 Å². The van der Waals surface area contributed by atoms with E-state index in [9.17, 15) is 13.6 Å². The summed E-state index contributed by atoms with van der Waals surface area (Å²) in [7, 11) is 0. The topological polar surface area (TPSA) is 49.6 Å². The van der Waals surface area contributed by atoms with E-state index in [1.807, 2.05) is 24.3 Å². The lowest BCUT2D eigenvalue weighted by molar-refractivity contribution is -0.131. The number of benzene rings is 2. The average molecular weight is 343 g/mol. The Balaban J connectivity index is 1.48. The number of fused-ring (bicyclic) bond motifs is 1. The molecule has 0 saturated carbocycles. The van der Waals surface area contributed by atoms with E-state index in [0.29, 0.717) is 24.7 Å². The van der Waals surface area contributed by atoms with E-state index in [4.69, 9.17) is 4.42 Å². The third kappa shape index (κ3) is 3.05. The number of carbonyl (C=O) groups excluding carboxylic acids is 1. The maximum atomic E-state index is 13.8. The van der Waals surface area contributed by atoms with Gasteiger partial charge in [0.25, 0.3) is 6.01 Å². The Labute approximate surface area is 142 Å². The van der Waals surface area contributed by atoms with Crippen LogP contribution in [0.5, 0.6) is 0 Å². The summed E-state index contributed by atoms with van der Waals surface area (Å²) in [5, 5.41) is 0. The van der Waals surface area contributed by atoms with Gasteiger partial charge in [-0.2, -0.15) is 4.98 Å². The lowest BCUT2D eigenvalue weighted by atomic mass is 10.1. The minimum atomic E-state index is -0.519. The van der Waals surface area contributed by atoms with Gasteiger partial charge in [0, 0.05) is 25.2 Å². The molecule has 1 aromatic heterocycles. The van der Waals surface area contributed by atoms with Gasteiger partial charge in [0.05, 0.1) is 0 Å². The highest BCUT2D eigenvalue weighted by Gasteiger charge is 2.27. The number of nitrogens with zero attached hydrogens (tertiary/aromatic N) is 3. The van der Waals surface area contributed by atoms with Gasteiger partial charge in [0.1, 0.15) is 23.7 Å². The molecule has 0 unspecified atom stereocenters.